The number of hydrogen-bond acceptors (Lipinski definition) is 5. The first-order valence-corrected chi connectivity index (χ1v) is 11.5. The molecule has 0 aliphatic carbocycles. The molecule has 2 aromatic carbocycles. The number of aryl methyl sites for hydroxylation is 2. The molecule has 3 rings (SSSR count). The summed E-state index contributed by atoms with van der Waals surface area (Å²) in [5, 5.41) is 2.96. The summed E-state index contributed by atoms with van der Waals surface area (Å²) in [6.45, 7) is 6.57. The second kappa shape index (κ2) is 11.9. The van der Waals surface area contributed by atoms with Crippen LogP contribution in [0, 0.1) is 6.92 Å². The van der Waals surface area contributed by atoms with Crippen LogP contribution in [0.15, 0.2) is 59.5 Å². The number of anilines is 1. The number of amides is 1. The van der Waals surface area contributed by atoms with E-state index >= 15 is 0 Å². The molecule has 7 heteroatoms. The van der Waals surface area contributed by atoms with E-state index in [0.717, 1.165) is 41.2 Å². The van der Waals surface area contributed by atoms with Crippen LogP contribution in [-0.4, -0.2) is 30.8 Å². The van der Waals surface area contributed by atoms with Gasteiger partial charge in [-0.1, -0.05) is 32.0 Å². The Labute approximate surface area is 200 Å². The fourth-order valence-electron chi connectivity index (χ4n) is 3.72. The Hall–Kier alpha value is -3.74. The Kier molecular flexibility index (Phi) is 8.73. The van der Waals surface area contributed by atoms with Gasteiger partial charge in [0.25, 0.3) is 5.91 Å². The Balaban J connectivity index is 1.62. The predicted octanol–water partition coefficient (Wildman–Crippen LogP) is 4.39. The van der Waals surface area contributed by atoms with Crippen molar-refractivity contribution in [3.05, 3.63) is 81.8 Å². The third kappa shape index (κ3) is 6.19. The van der Waals surface area contributed by atoms with Crippen LogP contribution in [-0.2, 0) is 24.2 Å². The summed E-state index contributed by atoms with van der Waals surface area (Å²) in [6.07, 6.45) is 3.32. The van der Waals surface area contributed by atoms with Crippen molar-refractivity contribution in [1.82, 2.24) is 4.57 Å². The second-order valence-corrected chi connectivity index (χ2v) is 7.81. The van der Waals surface area contributed by atoms with E-state index in [9.17, 15) is 9.59 Å². The van der Waals surface area contributed by atoms with Crippen LogP contribution in [0.5, 0.6) is 17.2 Å². The maximum Gasteiger partial charge on any atom is 0.262 e. The summed E-state index contributed by atoms with van der Waals surface area (Å²) in [4.78, 5) is 25.0. The molecule has 1 N–H and O–H groups in total. The molecule has 1 heterocycles. The third-order valence-electron chi connectivity index (χ3n) is 5.66. The molecule has 0 radical (unpaired) electrons. The van der Waals surface area contributed by atoms with Gasteiger partial charge in [-0.2, -0.15) is 0 Å². The number of carbonyl (C=O) groups excluding carboxylic acids is 1. The zero-order valence-corrected chi connectivity index (χ0v) is 20.2. The Morgan fingerprint density at radius 3 is 2.21 bits per heavy atom. The molecule has 0 fully saturated rings. The van der Waals surface area contributed by atoms with Gasteiger partial charge in [0.15, 0.2) is 12.4 Å². The molecule has 3 aromatic rings. The number of rotatable bonds is 11. The van der Waals surface area contributed by atoms with E-state index in [1.807, 2.05) is 47.0 Å². The second-order valence-electron chi connectivity index (χ2n) is 7.81. The van der Waals surface area contributed by atoms with E-state index in [1.54, 1.807) is 20.2 Å². The highest BCUT2D eigenvalue weighted by atomic mass is 16.5. The first kappa shape index (κ1) is 24.9. The van der Waals surface area contributed by atoms with Gasteiger partial charge < -0.3 is 24.1 Å². The van der Waals surface area contributed by atoms with E-state index in [0.29, 0.717) is 18.8 Å². The molecule has 1 amide bonds. The molecular formula is C27H32N2O5. The SMILES string of the molecule is CCc1cccc(CC)c1NC(=O)COc1c(C)n(CCOc2ccc(OC)cc2)ccc1=O. The number of methoxy groups -OCH3 is 1. The first-order chi connectivity index (χ1) is 16.5. The summed E-state index contributed by atoms with van der Waals surface area (Å²) in [5.41, 5.74) is 3.35. The summed E-state index contributed by atoms with van der Waals surface area (Å²) >= 11 is 0. The van der Waals surface area contributed by atoms with Crippen molar-refractivity contribution in [3.8, 4) is 17.2 Å². The molecule has 0 bridgehead atoms. The zero-order chi connectivity index (χ0) is 24.5. The Bertz CT molecular complexity index is 1150. The molecule has 0 unspecified atom stereocenters. The highest BCUT2D eigenvalue weighted by Gasteiger charge is 2.14. The monoisotopic (exact) mass is 464 g/mol. The zero-order valence-electron chi connectivity index (χ0n) is 20.2. The Morgan fingerprint density at radius 1 is 0.941 bits per heavy atom. The maximum absolute atomic E-state index is 12.6. The lowest BCUT2D eigenvalue weighted by molar-refractivity contribution is -0.118. The minimum absolute atomic E-state index is 0.168. The summed E-state index contributed by atoms with van der Waals surface area (Å²) < 4.78 is 18.5. The lowest BCUT2D eigenvalue weighted by Crippen LogP contribution is -2.25. The summed E-state index contributed by atoms with van der Waals surface area (Å²) in [5.74, 6) is 1.36. The van der Waals surface area contributed by atoms with E-state index in [1.165, 1.54) is 6.07 Å². The number of benzene rings is 2. The highest BCUT2D eigenvalue weighted by molar-refractivity contribution is 5.93. The number of para-hydroxylation sites is 1. The van der Waals surface area contributed by atoms with Crippen molar-refractivity contribution in [2.24, 2.45) is 0 Å². The van der Waals surface area contributed by atoms with Gasteiger partial charge in [0.2, 0.25) is 5.43 Å². The number of nitrogens with one attached hydrogen (secondary N) is 1. The van der Waals surface area contributed by atoms with Crippen molar-refractivity contribution < 1.29 is 19.0 Å². The van der Waals surface area contributed by atoms with E-state index in [2.05, 4.69) is 19.2 Å². The van der Waals surface area contributed by atoms with Crippen LogP contribution < -0.4 is 25.0 Å². The van der Waals surface area contributed by atoms with Gasteiger partial charge in [0, 0.05) is 18.0 Å². The van der Waals surface area contributed by atoms with Crippen molar-refractivity contribution in [2.45, 2.75) is 40.2 Å². The van der Waals surface area contributed by atoms with Gasteiger partial charge in [0.05, 0.1) is 19.3 Å². The van der Waals surface area contributed by atoms with Crippen molar-refractivity contribution in [3.63, 3.8) is 0 Å². The van der Waals surface area contributed by atoms with Crippen LogP contribution in [0.1, 0.15) is 30.7 Å². The van der Waals surface area contributed by atoms with Gasteiger partial charge in [-0.3, -0.25) is 9.59 Å². The number of nitrogens with zero attached hydrogens (tertiary/aromatic N) is 1. The number of hydrogen-bond donors (Lipinski definition) is 1. The van der Waals surface area contributed by atoms with Crippen LogP contribution in [0.4, 0.5) is 5.69 Å². The molecule has 0 atom stereocenters. The molecule has 180 valence electrons. The number of pyridine rings is 1. The van der Waals surface area contributed by atoms with E-state index < -0.39 is 0 Å². The molecular weight excluding hydrogens is 432 g/mol. The molecule has 0 spiro atoms. The fourth-order valence-corrected chi connectivity index (χ4v) is 3.72. The molecule has 0 saturated carbocycles. The number of carbonyl (C=O) groups is 1. The number of ether oxygens (including phenoxy) is 3. The van der Waals surface area contributed by atoms with Gasteiger partial charge in [-0.25, -0.2) is 0 Å². The van der Waals surface area contributed by atoms with Gasteiger partial charge >= 0.3 is 0 Å². The van der Waals surface area contributed by atoms with E-state index in [4.69, 9.17) is 14.2 Å². The topological polar surface area (TPSA) is 78.8 Å². The van der Waals surface area contributed by atoms with Gasteiger partial charge in [0.1, 0.15) is 18.1 Å². The maximum atomic E-state index is 12.6. The van der Waals surface area contributed by atoms with Gasteiger partial charge in [-0.15, -0.1) is 0 Å². The van der Waals surface area contributed by atoms with Crippen molar-refractivity contribution in [1.29, 1.82) is 0 Å². The lowest BCUT2D eigenvalue weighted by Gasteiger charge is -2.17. The van der Waals surface area contributed by atoms with Crippen LogP contribution >= 0.6 is 0 Å². The van der Waals surface area contributed by atoms with Gasteiger partial charge in [-0.05, 0) is 55.2 Å². The average Bonchev–Trinajstić information content (AvgIpc) is 2.85. The highest BCUT2D eigenvalue weighted by Crippen LogP contribution is 2.23. The summed E-state index contributed by atoms with van der Waals surface area (Å²) in [6, 6.07) is 14.8. The number of aromatic nitrogens is 1. The molecule has 0 aliphatic heterocycles. The molecule has 7 nitrogen and oxygen atoms in total. The smallest absolute Gasteiger partial charge is 0.262 e. The van der Waals surface area contributed by atoms with Crippen molar-refractivity contribution >= 4 is 11.6 Å². The first-order valence-electron chi connectivity index (χ1n) is 11.5. The predicted molar refractivity (Wildman–Crippen MR) is 133 cm³/mol. The average molecular weight is 465 g/mol. The van der Waals surface area contributed by atoms with Crippen LogP contribution in [0.2, 0.25) is 0 Å². The molecule has 1 aromatic heterocycles. The van der Waals surface area contributed by atoms with Crippen molar-refractivity contribution in [2.75, 3.05) is 25.6 Å². The summed E-state index contributed by atoms with van der Waals surface area (Å²) in [7, 11) is 1.62. The normalized spacial score (nSPS) is 10.6. The van der Waals surface area contributed by atoms with E-state index in [-0.39, 0.29) is 23.7 Å². The standard InChI is InChI=1S/C27H32N2O5/c1-5-20-8-7-9-21(6-2)26(20)28-25(31)18-34-27-19(3)29(15-14-24(27)30)16-17-33-23-12-10-22(32-4)11-13-23/h7-15H,5-6,16-18H2,1-4H3,(H,28,31). The minimum Gasteiger partial charge on any atom is -0.497 e. The van der Waals surface area contributed by atoms with Crippen LogP contribution in [0.25, 0.3) is 0 Å². The largest absolute Gasteiger partial charge is 0.497 e. The molecule has 0 saturated heterocycles. The fraction of sp³-hybridized carbons (Fsp3) is 0.333. The van der Waals surface area contributed by atoms with Crippen LogP contribution in [0.3, 0.4) is 0 Å². The quantitative estimate of drug-likeness (QED) is 0.455. The molecule has 34 heavy (non-hydrogen) atoms. The minimum atomic E-state index is -0.298. The molecule has 0 aliphatic rings. The third-order valence-corrected chi connectivity index (χ3v) is 5.66. The lowest BCUT2D eigenvalue weighted by atomic mass is 10.0. The Morgan fingerprint density at radius 2 is 1.59 bits per heavy atom.